The minimum absolute atomic E-state index is 0.432. The zero-order chi connectivity index (χ0) is 9.97. The number of nitriles is 1. The van der Waals surface area contributed by atoms with Crippen molar-refractivity contribution in [1.29, 1.82) is 5.26 Å². The molecule has 0 aliphatic heterocycles. The van der Waals surface area contributed by atoms with Crippen molar-refractivity contribution in [2.75, 3.05) is 5.75 Å². The highest BCUT2D eigenvalue weighted by Gasteiger charge is 2.06. The van der Waals surface area contributed by atoms with Crippen LogP contribution in [-0.2, 0) is 0 Å². The van der Waals surface area contributed by atoms with E-state index in [1.54, 1.807) is 17.7 Å². The molecule has 0 fully saturated rings. The van der Waals surface area contributed by atoms with Crippen LogP contribution in [0.25, 0.3) is 10.2 Å². The summed E-state index contributed by atoms with van der Waals surface area (Å²) in [7, 11) is 0. The molecule has 0 spiro atoms. The molecule has 0 N–H and O–H groups in total. The Balaban J connectivity index is 2.48. The minimum Gasteiger partial charge on any atom is -0.229 e. The Hall–Kier alpha value is -1.12. The standard InChI is InChI=1S/C9H7N3S2/c1-6-4-7-8(13-3-2-10)11-5-12-9(7)14-6/h4-5H,3H2,1H3. The number of thioether (sulfide) groups is 1. The van der Waals surface area contributed by atoms with Gasteiger partial charge in [0.25, 0.3) is 0 Å². The minimum atomic E-state index is 0.432. The largest absolute Gasteiger partial charge is 0.229 e. The van der Waals surface area contributed by atoms with E-state index in [1.165, 1.54) is 16.6 Å². The van der Waals surface area contributed by atoms with Crippen molar-refractivity contribution in [3.63, 3.8) is 0 Å². The Morgan fingerprint density at radius 1 is 1.57 bits per heavy atom. The van der Waals surface area contributed by atoms with Crippen LogP contribution in [0.15, 0.2) is 17.4 Å². The maximum absolute atomic E-state index is 8.49. The Labute approximate surface area is 89.8 Å². The van der Waals surface area contributed by atoms with Crippen molar-refractivity contribution >= 4 is 33.3 Å². The molecular weight excluding hydrogens is 214 g/mol. The lowest BCUT2D eigenvalue weighted by molar-refractivity contribution is 1.11. The number of hydrogen-bond donors (Lipinski definition) is 0. The number of nitrogens with zero attached hydrogens (tertiary/aromatic N) is 3. The van der Waals surface area contributed by atoms with Gasteiger partial charge < -0.3 is 0 Å². The lowest BCUT2D eigenvalue weighted by atomic mass is 10.4. The summed E-state index contributed by atoms with van der Waals surface area (Å²) >= 11 is 3.11. The lowest BCUT2D eigenvalue weighted by Gasteiger charge is -1.96. The maximum atomic E-state index is 8.49. The first kappa shape index (κ1) is 9.44. The monoisotopic (exact) mass is 221 g/mol. The van der Waals surface area contributed by atoms with Gasteiger partial charge in [0.15, 0.2) is 0 Å². The molecule has 0 unspecified atom stereocenters. The number of aromatic nitrogens is 2. The van der Waals surface area contributed by atoms with Crippen molar-refractivity contribution in [3.05, 3.63) is 17.3 Å². The summed E-state index contributed by atoms with van der Waals surface area (Å²) in [5.74, 6) is 0.432. The van der Waals surface area contributed by atoms with Gasteiger partial charge in [-0.3, -0.25) is 0 Å². The SMILES string of the molecule is Cc1cc2c(SCC#N)ncnc2s1. The molecule has 0 aromatic carbocycles. The highest BCUT2D eigenvalue weighted by molar-refractivity contribution is 7.99. The van der Waals surface area contributed by atoms with Crippen LogP contribution in [0.4, 0.5) is 0 Å². The van der Waals surface area contributed by atoms with E-state index in [1.807, 2.05) is 6.92 Å². The molecule has 0 aliphatic carbocycles. The molecule has 0 saturated carbocycles. The second kappa shape index (κ2) is 3.95. The molecule has 2 aromatic rings. The summed E-state index contributed by atoms with van der Waals surface area (Å²) in [5.41, 5.74) is 0. The average molecular weight is 221 g/mol. The molecule has 0 amide bonds. The van der Waals surface area contributed by atoms with Gasteiger partial charge in [0.2, 0.25) is 0 Å². The van der Waals surface area contributed by atoms with Crippen molar-refractivity contribution in [2.45, 2.75) is 11.9 Å². The van der Waals surface area contributed by atoms with E-state index in [9.17, 15) is 0 Å². The maximum Gasteiger partial charge on any atom is 0.128 e. The highest BCUT2D eigenvalue weighted by atomic mass is 32.2. The summed E-state index contributed by atoms with van der Waals surface area (Å²) in [6, 6.07) is 4.16. The molecule has 0 bridgehead atoms. The summed E-state index contributed by atoms with van der Waals surface area (Å²) < 4.78 is 0. The summed E-state index contributed by atoms with van der Waals surface area (Å²) in [6.45, 7) is 2.05. The number of thiophene rings is 1. The Morgan fingerprint density at radius 2 is 2.43 bits per heavy atom. The van der Waals surface area contributed by atoms with E-state index in [2.05, 4.69) is 22.1 Å². The molecule has 2 rings (SSSR count). The molecule has 0 aliphatic rings. The third-order valence-electron chi connectivity index (χ3n) is 1.69. The van der Waals surface area contributed by atoms with Crippen molar-refractivity contribution in [1.82, 2.24) is 9.97 Å². The molecule has 70 valence electrons. The van der Waals surface area contributed by atoms with Crippen molar-refractivity contribution in [3.8, 4) is 6.07 Å². The molecule has 14 heavy (non-hydrogen) atoms. The first-order chi connectivity index (χ1) is 6.81. The van der Waals surface area contributed by atoms with Gasteiger partial charge in [-0.15, -0.1) is 11.3 Å². The number of rotatable bonds is 2. The van der Waals surface area contributed by atoms with Gasteiger partial charge in [-0.25, -0.2) is 9.97 Å². The van der Waals surface area contributed by atoms with Crippen LogP contribution in [0.1, 0.15) is 4.88 Å². The van der Waals surface area contributed by atoms with Crippen LogP contribution in [0, 0.1) is 18.3 Å². The Bertz CT molecular complexity index is 498. The molecule has 2 aromatic heterocycles. The molecule has 0 atom stereocenters. The summed E-state index contributed by atoms with van der Waals surface area (Å²) in [6.07, 6.45) is 1.55. The van der Waals surface area contributed by atoms with Crippen LogP contribution >= 0.6 is 23.1 Å². The normalized spacial score (nSPS) is 10.3. The zero-order valence-corrected chi connectivity index (χ0v) is 9.15. The second-order valence-corrected chi connectivity index (χ2v) is 4.90. The topological polar surface area (TPSA) is 49.6 Å². The van der Waals surface area contributed by atoms with Gasteiger partial charge in [0.1, 0.15) is 16.2 Å². The van der Waals surface area contributed by atoms with E-state index in [-0.39, 0.29) is 0 Å². The number of fused-ring (bicyclic) bond motifs is 1. The van der Waals surface area contributed by atoms with Crippen molar-refractivity contribution in [2.24, 2.45) is 0 Å². The summed E-state index contributed by atoms with van der Waals surface area (Å²) in [5, 5.41) is 10.5. The van der Waals surface area contributed by atoms with Gasteiger partial charge >= 0.3 is 0 Å². The van der Waals surface area contributed by atoms with Crippen LogP contribution in [0.2, 0.25) is 0 Å². The number of aryl methyl sites for hydroxylation is 1. The highest BCUT2D eigenvalue weighted by Crippen LogP contribution is 2.29. The van der Waals surface area contributed by atoms with E-state index in [0.717, 1.165) is 15.2 Å². The molecular formula is C9H7N3S2. The molecule has 2 heterocycles. The first-order valence-corrected chi connectivity index (χ1v) is 5.82. The van der Waals surface area contributed by atoms with Crippen LogP contribution < -0.4 is 0 Å². The van der Waals surface area contributed by atoms with Crippen LogP contribution in [-0.4, -0.2) is 15.7 Å². The van der Waals surface area contributed by atoms with Gasteiger partial charge in [-0.05, 0) is 13.0 Å². The van der Waals surface area contributed by atoms with E-state index < -0.39 is 0 Å². The Morgan fingerprint density at radius 3 is 3.21 bits per heavy atom. The second-order valence-electron chi connectivity index (χ2n) is 2.70. The predicted octanol–water partition coefficient (Wildman–Crippen LogP) is 2.62. The van der Waals surface area contributed by atoms with E-state index in [4.69, 9.17) is 5.26 Å². The fraction of sp³-hybridized carbons (Fsp3) is 0.222. The number of hydrogen-bond acceptors (Lipinski definition) is 5. The average Bonchev–Trinajstić information content (AvgIpc) is 2.55. The van der Waals surface area contributed by atoms with Crippen molar-refractivity contribution < 1.29 is 0 Å². The van der Waals surface area contributed by atoms with Gasteiger partial charge in [-0.1, -0.05) is 11.8 Å². The fourth-order valence-corrected chi connectivity index (χ4v) is 2.72. The molecule has 0 radical (unpaired) electrons. The van der Waals surface area contributed by atoms with E-state index >= 15 is 0 Å². The van der Waals surface area contributed by atoms with Gasteiger partial charge in [0.05, 0.1) is 11.8 Å². The van der Waals surface area contributed by atoms with Gasteiger partial charge in [-0.2, -0.15) is 5.26 Å². The smallest absolute Gasteiger partial charge is 0.128 e. The lowest BCUT2D eigenvalue weighted by Crippen LogP contribution is -1.83. The first-order valence-electron chi connectivity index (χ1n) is 4.02. The van der Waals surface area contributed by atoms with Crippen LogP contribution in [0.5, 0.6) is 0 Å². The molecule has 0 saturated heterocycles. The Kier molecular flexibility index (Phi) is 2.66. The molecule has 3 nitrogen and oxygen atoms in total. The van der Waals surface area contributed by atoms with Gasteiger partial charge in [0, 0.05) is 10.3 Å². The summed E-state index contributed by atoms with van der Waals surface area (Å²) in [4.78, 5) is 10.6. The third kappa shape index (κ3) is 1.72. The third-order valence-corrected chi connectivity index (χ3v) is 3.52. The zero-order valence-electron chi connectivity index (χ0n) is 7.52. The van der Waals surface area contributed by atoms with Crippen LogP contribution in [0.3, 0.4) is 0 Å². The van der Waals surface area contributed by atoms with E-state index in [0.29, 0.717) is 5.75 Å². The fourth-order valence-electron chi connectivity index (χ4n) is 1.17. The predicted molar refractivity (Wildman–Crippen MR) is 58.5 cm³/mol. The quantitative estimate of drug-likeness (QED) is 0.577. The molecule has 5 heteroatoms.